The Morgan fingerprint density at radius 1 is 0.744 bits per heavy atom. The second-order valence-corrected chi connectivity index (χ2v) is 10.8. The number of hydrogen-bond acceptors (Lipinski definition) is 7. The number of nitrogens with one attached hydrogen (secondary N) is 1. The maximum atomic E-state index is 5.76. The summed E-state index contributed by atoms with van der Waals surface area (Å²) in [6.45, 7) is 6.27. The van der Waals surface area contributed by atoms with Crippen molar-refractivity contribution in [2.45, 2.75) is 26.8 Å². The fourth-order valence-corrected chi connectivity index (χ4v) is 5.84. The van der Waals surface area contributed by atoms with Crippen LogP contribution in [0.15, 0.2) is 101 Å². The van der Waals surface area contributed by atoms with Crippen LogP contribution in [0, 0.1) is 20.8 Å². The van der Waals surface area contributed by atoms with Gasteiger partial charge in [-0.15, -0.1) is 0 Å². The minimum Gasteiger partial charge on any atom is -0.493 e. The Bertz CT molecular complexity index is 1920. The molecule has 1 atom stereocenters. The van der Waals surface area contributed by atoms with E-state index in [4.69, 9.17) is 24.6 Å². The summed E-state index contributed by atoms with van der Waals surface area (Å²) in [5.74, 6) is 3.47. The molecule has 1 unspecified atom stereocenters. The predicted molar refractivity (Wildman–Crippen MR) is 172 cm³/mol. The maximum absolute atomic E-state index is 5.76. The van der Waals surface area contributed by atoms with Crippen molar-refractivity contribution < 1.29 is 9.47 Å². The maximum Gasteiger partial charge on any atom is 0.179 e. The van der Waals surface area contributed by atoms with Crippen molar-refractivity contribution >= 4 is 34.6 Å². The first kappa shape index (κ1) is 26.5. The minimum absolute atomic E-state index is 0.270. The van der Waals surface area contributed by atoms with Gasteiger partial charge in [0.25, 0.3) is 0 Å². The van der Waals surface area contributed by atoms with Crippen molar-refractivity contribution in [3.8, 4) is 17.2 Å². The summed E-state index contributed by atoms with van der Waals surface area (Å²) in [6.07, 6.45) is 0. The second kappa shape index (κ2) is 10.5. The van der Waals surface area contributed by atoms with Gasteiger partial charge in [0.2, 0.25) is 0 Å². The highest BCUT2D eigenvalue weighted by molar-refractivity contribution is 6.51. The van der Waals surface area contributed by atoms with E-state index in [2.05, 4.69) is 54.4 Å². The average Bonchev–Trinajstić information content (AvgIpc) is 3.37. The molecular weight excluding hydrogens is 536 g/mol. The smallest absolute Gasteiger partial charge is 0.179 e. The van der Waals surface area contributed by atoms with Crippen LogP contribution < -0.4 is 19.7 Å². The number of para-hydroxylation sites is 3. The number of amidine groups is 2. The van der Waals surface area contributed by atoms with Gasteiger partial charge in [0, 0.05) is 11.3 Å². The van der Waals surface area contributed by atoms with Crippen LogP contribution in [-0.2, 0) is 0 Å². The van der Waals surface area contributed by atoms with Crippen molar-refractivity contribution in [2.24, 2.45) is 9.98 Å². The van der Waals surface area contributed by atoms with Gasteiger partial charge in [-0.1, -0.05) is 42.5 Å². The standard InChI is InChI=1S/C35H32N6O2/c1-21-15-17-25(19-22(21)2)36-33-35-38-34-31(23(3)39-41(34)26-11-7-6-8-12-26)32(24-16-18-29(42-4)30(20-24)43-5)40(35)28-14-10-9-13-27(28)37-33/h6-20,32H,1-5H3,(H,36,37). The highest BCUT2D eigenvalue weighted by atomic mass is 16.5. The van der Waals surface area contributed by atoms with E-state index in [1.165, 1.54) is 11.1 Å². The van der Waals surface area contributed by atoms with Crippen LogP contribution in [-0.4, -0.2) is 35.7 Å². The average molecular weight is 569 g/mol. The summed E-state index contributed by atoms with van der Waals surface area (Å²) in [4.78, 5) is 12.7. The number of aryl methyl sites for hydroxylation is 3. The molecule has 0 saturated carbocycles. The number of fused-ring (bicyclic) bond motifs is 4. The normalized spacial score (nSPS) is 15.1. The van der Waals surface area contributed by atoms with Crippen LogP contribution in [0.2, 0.25) is 0 Å². The molecule has 8 heteroatoms. The third-order valence-electron chi connectivity index (χ3n) is 8.13. The van der Waals surface area contributed by atoms with Crippen molar-refractivity contribution in [3.05, 3.63) is 119 Å². The molecular formula is C35H32N6O2. The number of benzene rings is 4. The lowest BCUT2D eigenvalue weighted by Crippen LogP contribution is -2.46. The van der Waals surface area contributed by atoms with E-state index < -0.39 is 0 Å². The zero-order valence-corrected chi connectivity index (χ0v) is 24.8. The molecule has 1 aromatic heterocycles. The number of hydrogen-bond donors (Lipinski definition) is 1. The van der Waals surface area contributed by atoms with Crippen LogP contribution in [0.1, 0.15) is 34.0 Å². The van der Waals surface area contributed by atoms with Crippen molar-refractivity contribution in [2.75, 3.05) is 24.4 Å². The Balaban J connectivity index is 1.49. The number of rotatable bonds is 5. The first-order valence-electron chi connectivity index (χ1n) is 14.2. The summed E-state index contributed by atoms with van der Waals surface area (Å²) >= 11 is 0. The Labute approximate surface area is 251 Å². The Morgan fingerprint density at radius 2 is 1.51 bits per heavy atom. The van der Waals surface area contributed by atoms with Crippen molar-refractivity contribution in [1.29, 1.82) is 0 Å². The molecule has 7 rings (SSSR count). The lowest BCUT2D eigenvalue weighted by atomic mass is 9.93. The summed E-state index contributed by atoms with van der Waals surface area (Å²) in [5, 5.41) is 8.63. The minimum atomic E-state index is -0.270. The van der Waals surface area contributed by atoms with Crippen molar-refractivity contribution in [1.82, 2.24) is 9.78 Å². The van der Waals surface area contributed by atoms with E-state index in [-0.39, 0.29) is 6.04 Å². The molecule has 214 valence electrons. The Morgan fingerprint density at radius 3 is 2.28 bits per heavy atom. The summed E-state index contributed by atoms with van der Waals surface area (Å²) in [7, 11) is 3.31. The van der Waals surface area contributed by atoms with E-state index in [0.29, 0.717) is 23.2 Å². The van der Waals surface area contributed by atoms with E-state index in [9.17, 15) is 0 Å². The van der Waals surface area contributed by atoms with E-state index in [1.54, 1.807) is 14.2 Å². The molecule has 0 spiro atoms. The molecule has 4 aromatic carbocycles. The number of nitrogens with zero attached hydrogens (tertiary/aromatic N) is 5. The quantitative estimate of drug-likeness (QED) is 0.236. The molecule has 3 heterocycles. The van der Waals surface area contributed by atoms with Crippen LogP contribution in [0.25, 0.3) is 5.69 Å². The van der Waals surface area contributed by atoms with Crippen LogP contribution >= 0.6 is 0 Å². The van der Waals surface area contributed by atoms with Gasteiger partial charge >= 0.3 is 0 Å². The Hall–Kier alpha value is -5.37. The number of aliphatic imine (C=N–C) groups is 2. The first-order chi connectivity index (χ1) is 21.0. The molecule has 1 N–H and O–H groups in total. The molecule has 5 aromatic rings. The monoisotopic (exact) mass is 568 g/mol. The third-order valence-corrected chi connectivity index (χ3v) is 8.13. The van der Waals surface area contributed by atoms with Crippen LogP contribution in [0.4, 0.5) is 22.9 Å². The van der Waals surface area contributed by atoms with Gasteiger partial charge < -0.3 is 19.7 Å². The molecule has 0 bridgehead atoms. The van der Waals surface area contributed by atoms with E-state index in [1.807, 2.05) is 72.3 Å². The van der Waals surface area contributed by atoms with E-state index in [0.717, 1.165) is 45.4 Å². The number of aromatic nitrogens is 2. The molecule has 0 amide bonds. The molecule has 0 fully saturated rings. The highest BCUT2D eigenvalue weighted by Gasteiger charge is 2.41. The zero-order valence-electron chi connectivity index (χ0n) is 24.8. The molecule has 0 saturated heterocycles. The van der Waals surface area contributed by atoms with Crippen molar-refractivity contribution in [3.63, 3.8) is 0 Å². The van der Waals surface area contributed by atoms with Gasteiger partial charge in [0.05, 0.1) is 43.0 Å². The van der Waals surface area contributed by atoms with Gasteiger partial charge in [-0.2, -0.15) is 5.10 Å². The SMILES string of the molecule is COc1ccc(C2c3c(C)nn(-c4ccccc4)c3N=C3C(Nc4ccc(C)c(C)c4)=Nc4ccccc4N32)cc1OC. The van der Waals surface area contributed by atoms with Gasteiger partial charge in [-0.05, 0) is 86.0 Å². The molecule has 2 aliphatic rings. The van der Waals surface area contributed by atoms with Gasteiger partial charge in [-0.3, -0.25) is 0 Å². The van der Waals surface area contributed by atoms with Gasteiger partial charge in [0.15, 0.2) is 29.0 Å². The third kappa shape index (κ3) is 4.43. The second-order valence-electron chi connectivity index (χ2n) is 10.8. The predicted octanol–water partition coefficient (Wildman–Crippen LogP) is 7.61. The Kier molecular flexibility index (Phi) is 6.46. The first-order valence-corrected chi connectivity index (χ1v) is 14.2. The summed E-state index contributed by atoms with van der Waals surface area (Å²) in [6, 6.07) is 30.4. The summed E-state index contributed by atoms with van der Waals surface area (Å²) < 4.78 is 13.3. The molecule has 0 aliphatic carbocycles. The van der Waals surface area contributed by atoms with Gasteiger partial charge in [0.1, 0.15) is 0 Å². The number of ether oxygens (including phenoxy) is 2. The van der Waals surface area contributed by atoms with Gasteiger partial charge in [-0.25, -0.2) is 14.7 Å². The van der Waals surface area contributed by atoms with Crippen LogP contribution in [0.5, 0.6) is 11.5 Å². The molecule has 2 aliphatic heterocycles. The lowest BCUT2D eigenvalue weighted by molar-refractivity contribution is 0.354. The fraction of sp³-hybridized carbons (Fsp3) is 0.171. The molecule has 8 nitrogen and oxygen atoms in total. The topological polar surface area (TPSA) is 76.3 Å². The number of anilines is 2. The lowest BCUT2D eigenvalue weighted by Gasteiger charge is -2.40. The summed E-state index contributed by atoms with van der Waals surface area (Å²) in [5.41, 5.74) is 9.07. The largest absolute Gasteiger partial charge is 0.493 e. The highest BCUT2D eigenvalue weighted by Crippen LogP contribution is 2.49. The molecule has 43 heavy (non-hydrogen) atoms. The van der Waals surface area contributed by atoms with Crippen LogP contribution in [0.3, 0.4) is 0 Å². The number of methoxy groups -OCH3 is 2. The van der Waals surface area contributed by atoms with E-state index >= 15 is 0 Å². The molecule has 0 radical (unpaired) electrons. The zero-order chi connectivity index (χ0) is 29.7. The fourth-order valence-electron chi connectivity index (χ4n) is 5.84.